The summed E-state index contributed by atoms with van der Waals surface area (Å²) >= 11 is 5.92. The molecule has 0 unspecified atom stereocenters. The number of hydrogen-bond donors (Lipinski definition) is 2. The fraction of sp³-hybridized carbons (Fsp3) is 0.200. The highest BCUT2D eigenvalue weighted by molar-refractivity contribution is 6.30. The summed E-state index contributed by atoms with van der Waals surface area (Å²) in [5.74, 6) is 0.336. The van der Waals surface area contributed by atoms with Gasteiger partial charge in [0.25, 0.3) is 5.91 Å². The first-order chi connectivity index (χ1) is 12.0. The molecule has 3 rings (SSSR count). The van der Waals surface area contributed by atoms with Crippen molar-refractivity contribution >= 4 is 17.5 Å². The van der Waals surface area contributed by atoms with Gasteiger partial charge in [0, 0.05) is 17.1 Å². The minimum absolute atomic E-state index is 0.161. The summed E-state index contributed by atoms with van der Waals surface area (Å²) in [5.41, 5.74) is 4.42. The number of amides is 1. The van der Waals surface area contributed by atoms with Crippen molar-refractivity contribution in [1.29, 1.82) is 0 Å². The number of carbonyl (C=O) groups excluding carboxylic acids is 1. The molecule has 0 aliphatic heterocycles. The van der Waals surface area contributed by atoms with Crippen LogP contribution in [0.3, 0.4) is 0 Å². The van der Waals surface area contributed by atoms with Crippen LogP contribution in [-0.2, 0) is 6.54 Å². The van der Waals surface area contributed by atoms with E-state index < -0.39 is 0 Å². The van der Waals surface area contributed by atoms with Crippen molar-refractivity contribution in [2.45, 2.75) is 26.3 Å². The SMILES string of the molecule is CC(C)c1ccc(CNC(=O)c2cn[nH]c2-c2ccc(Cl)cc2)cc1. The largest absolute Gasteiger partial charge is 0.348 e. The maximum atomic E-state index is 12.5. The van der Waals surface area contributed by atoms with Crippen LogP contribution in [-0.4, -0.2) is 16.1 Å². The van der Waals surface area contributed by atoms with Crippen molar-refractivity contribution < 1.29 is 4.79 Å². The van der Waals surface area contributed by atoms with Crippen LogP contribution in [0.2, 0.25) is 5.02 Å². The minimum Gasteiger partial charge on any atom is -0.348 e. The Labute approximate surface area is 152 Å². The van der Waals surface area contributed by atoms with Gasteiger partial charge < -0.3 is 5.32 Å². The molecular weight excluding hydrogens is 334 g/mol. The molecule has 0 atom stereocenters. The summed E-state index contributed by atoms with van der Waals surface area (Å²) in [7, 11) is 0. The molecule has 2 aromatic carbocycles. The van der Waals surface area contributed by atoms with Gasteiger partial charge in [-0.05, 0) is 29.2 Å². The smallest absolute Gasteiger partial charge is 0.255 e. The lowest BCUT2D eigenvalue weighted by atomic mass is 10.0. The van der Waals surface area contributed by atoms with Gasteiger partial charge in [0.05, 0.1) is 17.5 Å². The quantitative estimate of drug-likeness (QED) is 0.693. The van der Waals surface area contributed by atoms with Gasteiger partial charge in [0.2, 0.25) is 0 Å². The zero-order valence-electron chi connectivity index (χ0n) is 14.2. The number of carbonyl (C=O) groups is 1. The van der Waals surface area contributed by atoms with Crippen LogP contribution in [0.1, 0.15) is 41.3 Å². The Hall–Kier alpha value is -2.59. The lowest BCUT2D eigenvalue weighted by Gasteiger charge is -2.09. The molecule has 128 valence electrons. The van der Waals surface area contributed by atoms with E-state index in [0.717, 1.165) is 11.1 Å². The maximum Gasteiger partial charge on any atom is 0.255 e. The Morgan fingerprint density at radius 1 is 1.12 bits per heavy atom. The van der Waals surface area contributed by atoms with Crippen LogP contribution in [0.25, 0.3) is 11.3 Å². The highest BCUT2D eigenvalue weighted by Crippen LogP contribution is 2.23. The topological polar surface area (TPSA) is 57.8 Å². The van der Waals surface area contributed by atoms with E-state index in [1.165, 1.54) is 5.56 Å². The van der Waals surface area contributed by atoms with Gasteiger partial charge in [0.1, 0.15) is 0 Å². The molecule has 0 bridgehead atoms. The molecule has 0 spiro atoms. The number of hydrogen-bond acceptors (Lipinski definition) is 2. The van der Waals surface area contributed by atoms with Gasteiger partial charge in [-0.3, -0.25) is 9.89 Å². The van der Waals surface area contributed by atoms with E-state index in [1.54, 1.807) is 18.3 Å². The Bertz CT molecular complexity index is 851. The number of halogens is 1. The van der Waals surface area contributed by atoms with Crippen LogP contribution in [0.4, 0.5) is 0 Å². The third kappa shape index (κ3) is 4.09. The Morgan fingerprint density at radius 2 is 1.80 bits per heavy atom. The Kier molecular flexibility index (Phi) is 5.19. The predicted molar refractivity (Wildman–Crippen MR) is 101 cm³/mol. The third-order valence-corrected chi connectivity index (χ3v) is 4.37. The van der Waals surface area contributed by atoms with Crippen LogP contribution in [0.15, 0.2) is 54.7 Å². The average molecular weight is 354 g/mol. The van der Waals surface area contributed by atoms with Gasteiger partial charge in [-0.2, -0.15) is 5.10 Å². The first kappa shape index (κ1) is 17.2. The standard InChI is InChI=1S/C20H20ClN3O/c1-13(2)15-5-3-14(4-6-15)11-22-20(25)18-12-23-24-19(18)16-7-9-17(21)10-8-16/h3-10,12-13H,11H2,1-2H3,(H,22,25)(H,23,24). The molecule has 0 saturated heterocycles. The number of aromatic nitrogens is 2. The molecule has 5 heteroatoms. The van der Waals surface area contributed by atoms with E-state index in [2.05, 4.69) is 41.5 Å². The monoisotopic (exact) mass is 353 g/mol. The Balaban J connectivity index is 1.70. The van der Waals surface area contributed by atoms with Crippen molar-refractivity contribution in [3.63, 3.8) is 0 Å². The second-order valence-electron chi connectivity index (χ2n) is 6.24. The van der Waals surface area contributed by atoms with E-state index in [1.807, 2.05) is 24.3 Å². The molecule has 3 aromatic rings. The molecule has 1 heterocycles. The van der Waals surface area contributed by atoms with E-state index in [9.17, 15) is 4.79 Å². The first-order valence-corrected chi connectivity index (χ1v) is 8.58. The van der Waals surface area contributed by atoms with Crippen molar-refractivity contribution in [3.8, 4) is 11.3 Å². The second kappa shape index (κ2) is 7.53. The van der Waals surface area contributed by atoms with Crippen LogP contribution in [0.5, 0.6) is 0 Å². The van der Waals surface area contributed by atoms with Crippen molar-refractivity contribution in [2.75, 3.05) is 0 Å². The number of aromatic amines is 1. The number of benzene rings is 2. The molecule has 25 heavy (non-hydrogen) atoms. The summed E-state index contributed by atoms with van der Waals surface area (Å²) in [5, 5.41) is 10.5. The third-order valence-electron chi connectivity index (χ3n) is 4.12. The molecular formula is C20H20ClN3O. The van der Waals surface area contributed by atoms with Crippen LogP contribution >= 0.6 is 11.6 Å². The fourth-order valence-corrected chi connectivity index (χ4v) is 2.72. The molecule has 0 saturated carbocycles. The molecule has 1 amide bonds. The number of nitrogens with one attached hydrogen (secondary N) is 2. The zero-order valence-corrected chi connectivity index (χ0v) is 15.0. The normalized spacial score (nSPS) is 10.9. The lowest BCUT2D eigenvalue weighted by molar-refractivity contribution is 0.0951. The lowest BCUT2D eigenvalue weighted by Crippen LogP contribution is -2.23. The van der Waals surface area contributed by atoms with Gasteiger partial charge in [-0.15, -0.1) is 0 Å². The predicted octanol–water partition coefficient (Wildman–Crippen LogP) is 4.78. The highest BCUT2D eigenvalue weighted by atomic mass is 35.5. The van der Waals surface area contributed by atoms with Gasteiger partial charge in [-0.25, -0.2) is 0 Å². The summed E-state index contributed by atoms with van der Waals surface area (Å²) in [6.45, 7) is 4.80. The van der Waals surface area contributed by atoms with E-state index in [4.69, 9.17) is 11.6 Å². The highest BCUT2D eigenvalue weighted by Gasteiger charge is 2.15. The van der Waals surface area contributed by atoms with Crippen LogP contribution < -0.4 is 5.32 Å². The molecule has 1 aromatic heterocycles. The van der Waals surface area contributed by atoms with Crippen molar-refractivity contribution in [2.24, 2.45) is 0 Å². The number of H-pyrrole nitrogens is 1. The first-order valence-electron chi connectivity index (χ1n) is 8.21. The van der Waals surface area contributed by atoms with Crippen molar-refractivity contribution in [1.82, 2.24) is 15.5 Å². The van der Waals surface area contributed by atoms with Gasteiger partial charge in [-0.1, -0.05) is 61.8 Å². The average Bonchev–Trinajstić information content (AvgIpc) is 3.10. The van der Waals surface area contributed by atoms with E-state index >= 15 is 0 Å². The molecule has 2 N–H and O–H groups in total. The van der Waals surface area contributed by atoms with E-state index in [0.29, 0.717) is 28.7 Å². The van der Waals surface area contributed by atoms with Crippen molar-refractivity contribution in [3.05, 3.63) is 76.4 Å². The summed E-state index contributed by atoms with van der Waals surface area (Å²) in [4.78, 5) is 12.5. The fourth-order valence-electron chi connectivity index (χ4n) is 2.59. The second-order valence-corrected chi connectivity index (χ2v) is 6.68. The molecule has 0 radical (unpaired) electrons. The molecule has 0 aliphatic rings. The summed E-state index contributed by atoms with van der Waals surface area (Å²) < 4.78 is 0. The maximum absolute atomic E-state index is 12.5. The van der Waals surface area contributed by atoms with E-state index in [-0.39, 0.29) is 5.91 Å². The number of rotatable bonds is 5. The minimum atomic E-state index is -0.161. The zero-order chi connectivity index (χ0) is 17.8. The van der Waals surface area contributed by atoms with Crippen LogP contribution in [0, 0.1) is 0 Å². The molecule has 0 fully saturated rings. The van der Waals surface area contributed by atoms with Gasteiger partial charge in [0.15, 0.2) is 0 Å². The number of nitrogens with zero attached hydrogens (tertiary/aromatic N) is 1. The summed E-state index contributed by atoms with van der Waals surface area (Å²) in [6.07, 6.45) is 1.54. The van der Waals surface area contributed by atoms with Gasteiger partial charge >= 0.3 is 0 Å². The Morgan fingerprint density at radius 3 is 2.44 bits per heavy atom. The summed E-state index contributed by atoms with van der Waals surface area (Å²) in [6, 6.07) is 15.6. The molecule has 0 aliphatic carbocycles. The molecule has 4 nitrogen and oxygen atoms in total.